The summed E-state index contributed by atoms with van der Waals surface area (Å²) < 4.78 is 38.7. The molecule has 0 aliphatic heterocycles. The molecule has 0 amide bonds. The summed E-state index contributed by atoms with van der Waals surface area (Å²) in [6.45, 7) is 5.59. The zero-order valence-electron chi connectivity index (χ0n) is 11.3. The lowest BCUT2D eigenvalue weighted by Gasteiger charge is -2.07. The van der Waals surface area contributed by atoms with Crippen LogP contribution in [0.5, 0.6) is 0 Å². The summed E-state index contributed by atoms with van der Waals surface area (Å²) in [5, 5.41) is 0. The van der Waals surface area contributed by atoms with Gasteiger partial charge in [-0.3, -0.25) is 4.18 Å². The van der Waals surface area contributed by atoms with Crippen LogP contribution in [-0.4, -0.2) is 41.5 Å². The molecule has 0 atom stereocenters. The molecular formula is C13H20O5S. The standard InChI is InChI=1S/C13H20O5S/c1-3-16-8-9-17-10-11-18-19(14,15)13-6-4-12(2)5-7-13/h4-7H,3,8-11H2,1-2H3. The zero-order valence-corrected chi connectivity index (χ0v) is 12.1. The van der Waals surface area contributed by atoms with Crippen LogP contribution in [0.4, 0.5) is 0 Å². The van der Waals surface area contributed by atoms with Gasteiger partial charge in [0.25, 0.3) is 10.1 Å². The Kier molecular flexibility index (Phi) is 7.01. The summed E-state index contributed by atoms with van der Waals surface area (Å²) in [6.07, 6.45) is 0. The molecule has 0 aliphatic carbocycles. The van der Waals surface area contributed by atoms with Gasteiger partial charge in [-0.25, -0.2) is 0 Å². The van der Waals surface area contributed by atoms with Crippen molar-refractivity contribution in [2.75, 3.05) is 33.0 Å². The lowest BCUT2D eigenvalue weighted by Crippen LogP contribution is -2.13. The van der Waals surface area contributed by atoms with E-state index in [1.807, 2.05) is 13.8 Å². The van der Waals surface area contributed by atoms with Crippen molar-refractivity contribution in [1.82, 2.24) is 0 Å². The molecule has 0 spiro atoms. The smallest absolute Gasteiger partial charge is 0.297 e. The van der Waals surface area contributed by atoms with E-state index < -0.39 is 10.1 Å². The van der Waals surface area contributed by atoms with Crippen LogP contribution in [0, 0.1) is 6.92 Å². The van der Waals surface area contributed by atoms with E-state index in [1.165, 1.54) is 12.1 Å². The largest absolute Gasteiger partial charge is 0.379 e. The van der Waals surface area contributed by atoms with E-state index in [1.54, 1.807) is 12.1 Å². The van der Waals surface area contributed by atoms with Crippen molar-refractivity contribution in [2.24, 2.45) is 0 Å². The first-order chi connectivity index (χ1) is 9.06. The van der Waals surface area contributed by atoms with Crippen LogP contribution in [0.3, 0.4) is 0 Å². The maximum absolute atomic E-state index is 11.8. The summed E-state index contributed by atoms with van der Waals surface area (Å²) in [7, 11) is -3.69. The number of aryl methyl sites for hydroxylation is 1. The lowest BCUT2D eigenvalue weighted by atomic mass is 10.2. The topological polar surface area (TPSA) is 61.8 Å². The monoisotopic (exact) mass is 288 g/mol. The lowest BCUT2D eigenvalue weighted by molar-refractivity contribution is 0.0413. The van der Waals surface area contributed by atoms with Gasteiger partial charge in [0, 0.05) is 6.61 Å². The molecule has 1 rings (SSSR count). The summed E-state index contributed by atoms with van der Waals surface area (Å²) in [4.78, 5) is 0.160. The normalized spacial score (nSPS) is 11.7. The Morgan fingerprint density at radius 2 is 1.53 bits per heavy atom. The van der Waals surface area contributed by atoms with Crippen LogP contribution in [0.2, 0.25) is 0 Å². The second kappa shape index (κ2) is 8.27. The van der Waals surface area contributed by atoms with Gasteiger partial charge < -0.3 is 9.47 Å². The van der Waals surface area contributed by atoms with E-state index in [0.29, 0.717) is 19.8 Å². The fraction of sp³-hybridized carbons (Fsp3) is 0.538. The summed E-state index contributed by atoms with van der Waals surface area (Å²) in [5.74, 6) is 0. The maximum atomic E-state index is 11.8. The minimum absolute atomic E-state index is 0.00232. The molecule has 0 heterocycles. The number of rotatable bonds is 9. The van der Waals surface area contributed by atoms with Gasteiger partial charge in [-0.2, -0.15) is 8.42 Å². The highest BCUT2D eigenvalue weighted by Gasteiger charge is 2.14. The van der Waals surface area contributed by atoms with E-state index in [-0.39, 0.29) is 18.1 Å². The molecule has 0 aliphatic rings. The van der Waals surface area contributed by atoms with E-state index in [0.717, 1.165) is 5.56 Å². The molecular weight excluding hydrogens is 268 g/mol. The molecule has 19 heavy (non-hydrogen) atoms. The Morgan fingerprint density at radius 3 is 2.16 bits per heavy atom. The Balaban J connectivity index is 2.29. The quantitative estimate of drug-likeness (QED) is 0.512. The van der Waals surface area contributed by atoms with Gasteiger partial charge in [0.05, 0.1) is 31.3 Å². The number of hydrogen-bond donors (Lipinski definition) is 0. The van der Waals surface area contributed by atoms with Crippen LogP contribution in [0.15, 0.2) is 29.2 Å². The van der Waals surface area contributed by atoms with E-state index >= 15 is 0 Å². The van der Waals surface area contributed by atoms with Gasteiger partial charge in [-0.1, -0.05) is 17.7 Å². The summed E-state index contributed by atoms with van der Waals surface area (Å²) in [5.41, 5.74) is 0.998. The van der Waals surface area contributed by atoms with Gasteiger partial charge >= 0.3 is 0 Å². The summed E-state index contributed by atoms with van der Waals surface area (Å²) in [6, 6.07) is 6.52. The molecule has 0 aromatic heterocycles. The van der Waals surface area contributed by atoms with Crippen LogP contribution in [-0.2, 0) is 23.8 Å². The fourth-order valence-electron chi connectivity index (χ4n) is 1.34. The SMILES string of the molecule is CCOCCOCCOS(=O)(=O)c1ccc(C)cc1. The van der Waals surface area contributed by atoms with Gasteiger partial charge in [0.15, 0.2) is 0 Å². The molecule has 0 saturated carbocycles. The van der Waals surface area contributed by atoms with Crippen LogP contribution >= 0.6 is 0 Å². The average molecular weight is 288 g/mol. The highest BCUT2D eigenvalue weighted by atomic mass is 32.2. The van der Waals surface area contributed by atoms with Crippen molar-refractivity contribution >= 4 is 10.1 Å². The molecule has 108 valence electrons. The van der Waals surface area contributed by atoms with Crippen molar-refractivity contribution < 1.29 is 22.1 Å². The first-order valence-electron chi connectivity index (χ1n) is 6.18. The third-order valence-corrected chi connectivity index (χ3v) is 3.68. The highest BCUT2D eigenvalue weighted by Crippen LogP contribution is 2.12. The first kappa shape index (κ1) is 16.1. The van der Waals surface area contributed by atoms with E-state index in [4.69, 9.17) is 13.7 Å². The molecule has 6 heteroatoms. The van der Waals surface area contributed by atoms with Crippen LogP contribution in [0.25, 0.3) is 0 Å². The minimum Gasteiger partial charge on any atom is -0.379 e. The van der Waals surface area contributed by atoms with Crippen molar-refractivity contribution in [3.63, 3.8) is 0 Å². The molecule has 0 N–H and O–H groups in total. The van der Waals surface area contributed by atoms with Gasteiger partial charge in [-0.05, 0) is 26.0 Å². The predicted octanol–water partition coefficient (Wildman–Crippen LogP) is 1.75. The number of ether oxygens (including phenoxy) is 2. The third-order valence-electron chi connectivity index (χ3n) is 2.35. The second-order valence-electron chi connectivity index (χ2n) is 3.90. The zero-order chi connectivity index (χ0) is 14.1. The maximum Gasteiger partial charge on any atom is 0.297 e. The Hall–Kier alpha value is -0.950. The molecule has 5 nitrogen and oxygen atoms in total. The van der Waals surface area contributed by atoms with Crippen molar-refractivity contribution in [1.29, 1.82) is 0 Å². The Bertz CT molecular complexity index is 452. The Morgan fingerprint density at radius 1 is 0.947 bits per heavy atom. The second-order valence-corrected chi connectivity index (χ2v) is 5.51. The highest BCUT2D eigenvalue weighted by molar-refractivity contribution is 7.86. The van der Waals surface area contributed by atoms with E-state index in [2.05, 4.69) is 0 Å². The van der Waals surface area contributed by atoms with Gasteiger partial charge in [-0.15, -0.1) is 0 Å². The molecule has 1 aromatic carbocycles. The Labute approximate surface area is 114 Å². The van der Waals surface area contributed by atoms with Crippen molar-refractivity contribution in [3.05, 3.63) is 29.8 Å². The average Bonchev–Trinajstić information content (AvgIpc) is 2.38. The minimum atomic E-state index is -3.69. The summed E-state index contributed by atoms with van der Waals surface area (Å²) >= 11 is 0. The molecule has 0 bridgehead atoms. The van der Waals surface area contributed by atoms with Gasteiger partial charge in [0.2, 0.25) is 0 Å². The first-order valence-corrected chi connectivity index (χ1v) is 7.58. The molecule has 0 saturated heterocycles. The van der Waals surface area contributed by atoms with Crippen LogP contribution < -0.4 is 0 Å². The third kappa shape index (κ3) is 6.15. The van der Waals surface area contributed by atoms with Crippen molar-refractivity contribution in [2.45, 2.75) is 18.7 Å². The van der Waals surface area contributed by atoms with Crippen molar-refractivity contribution in [3.8, 4) is 0 Å². The molecule has 1 aromatic rings. The molecule has 0 fully saturated rings. The van der Waals surface area contributed by atoms with Gasteiger partial charge in [0.1, 0.15) is 0 Å². The predicted molar refractivity (Wildman–Crippen MR) is 71.6 cm³/mol. The number of benzene rings is 1. The van der Waals surface area contributed by atoms with Crippen LogP contribution in [0.1, 0.15) is 12.5 Å². The van der Waals surface area contributed by atoms with E-state index in [9.17, 15) is 8.42 Å². The molecule has 0 radical (unpaired) electrons. The fourth-order valence-corrected chi connectivity index (χ4v) is 2.23. The number of hydrogen-bond acceptors (Lipinski definition) is 5. The molecule has 0 unspecified atom stereocenters.